The Morgan fingerprint density at radius 2 is 1.31 bits per heavy atom. The molecule has 4 aliphatic heterocycles. The number of rotatable bonds is 10. The van der Waals surface area contributed by atoms with Gasteiger partial charge in [0.25, 0.3) is 22.9 Å². The first kappa shape index (κ1) is 41.3. The minimum absolute atomic E-state index is 0.0832. The quantitative estimate of drug-likeness (QED) is 0.160. The number of aromatic nitrogens is 7. The van der Waals surface area contributed by atoms with Crippen molar-refractivity contribution in [2.75, 3.05) is 69.2 Å². The van der Waals surface area contributed by atoms with Crippen LogP contribution in [0.4, 0.5) is 11.4 Å². The topological polar surface area (TPSA) is 201 Å². The standard InChI is InChI=1S/C45H55N13O4/c1-28-22-39(59)52-40(50-28)30-11-17-58(27-30)33-14-20-56(21-15-33)35-7-10-38(48-25-35)45(62)49-23-31-5-8-36-42(51-31)53-41(54-43(36)60)29-4-3-16-57(26-29)32-12-18-55(19-13-32)34-6-9-37(47-24-34)44(61)46-2/h5-10,22,24-25,29-30,32-33H,3-4,11-21,23,26-27H2,1-2H3,(H,46,61)(H,49,62)(H,50,52,59)(H,51,53,54,60). The monoisotopic (exact) mass is 841 g/mol. The Balaban J connectivity index is 0.758. The van der Waals surface area contributed by atoms with Crippen LogP contribution in [0.3, 0.4) is 0 Å². The molecule has 5 aromatic heterocycles. The largest absolute Gasteiger partial charge is 0.370 e. The van der Waals surface area contributed by atoms with Crippen LogP contribution in [0.15, 0.2) is 64.4 Å². The third-order valence-electron chi connectivity index (χ3n) is 13.3. The van der Waals surface area contributed by atoms with Crippen molar-refractivity contribution in [3.05, 3.63) is 110 Å². The summed E-state index contributed by atoms with van der Waals surface area (Å²) in [5.74, 6) is 1.31. The fraction of sp³-hybridized carbons (Fsp3) is 0.489. The van der Waals surface area contributed by atoms with E-state index >= 15 is 0 Å². The first-order valence-corrected chi connectivity index (χ1v) is 22.1. The Kier molecular flexibility index (Phi) is 12.1. The number of aryl methyl sites for hydroxylation is 1. The van der Waals surface area contributed by atoms with Gasteiger partial charge in [0, 0.05) is 82.0 Å². The Morgan fingerprint density at radius 3 is 1.92 bits per heavy atom. The summed E-state index contributed by atoms with van der Waals surface area (Å²) in [4.78, 5) is 89.2. The Bertz CT molecular complexity index is 2510. The van der Waals surface area contributed by atoms with E-state index in [1.165, 1.54) is 6.07 Å². The first-order chi connectivity index (χ1) is 30.2. The van der Waals surface area contributed by atoms with Gasteiger partial charge in [-0.15, -0.1) is 0 Å². The molecule has 0 spiro atoms. The van der Waals surface area contributed by atoms with E-state index in [9.17, 15) is 19.2 Å². The molecule has 4 saturated heterocycles. The van der Waals surface area contributed by atoms with Crippen molar-refractivity contribution in [3.63, 3.8) is 0 Å². The van der Waals surface area contributed by atoms with E-state index in [2.05, 4.69) is 55.2 Å². The number of piperidine rings is 3. The van der Waals surface area contributed by atoms with E-state index in [1.807, 2.05) is 19.1 Å². The van der Waals surface area contributed by atoms with Crippen molar-refractivity contribution in [2.45, 2.75) is 82.3 Å². The van der Waals surface area contributed by atoms with Crippen molar-refractivity contribution in [1.29, 1.82) is 0 Å². The van der Waals surface area contributed by atoms with Crippen molar-refractivity contribution >= 4 is 34.2 Å². The molecule has 17 nitrogen and oxygen atoms in total. The summed E-state index contributed by atoms with van der Waals surface area (Å²) in [6, 6.07) is 13.4. The molecule has 4 N–H and O–H groups in total. The van der Waals surface area contributed by atoms with Crippen LogP contribution in [-0.4, -0.2) is 128 Å². The summed E-state index contributed by atoms with van der Waals surface area (Å²) in [6.45, 7) is 9.40. The minimum atomic E-state index is -0.298. The van der Waals surface area contributed by atoms with E-state index in [-0.39, 0.29) is 41.3 Å². The summed E-state index contributed by atoms with van der Waals surface area (Å²) < 4.78 is 0. The number of carbonyl (C=O) groups is 2. The molecule has 0 aromatic carbocycles. The van der Waals surface area contributed by atoms with Crippen LogP contribution in [-0.2, 0) is 6.54 Å². The van der Waals surface area contributed by atoms with E-state index in [4.69, 9.17) is 9.97 Å². The number of pyridine rings is 3. The van der Waals surface area contributed by atoms with Crippen LogP contribution in [0.25, 0.3) is 11.0 Å². The summed E-state index contributed by atoms with van der Waals surface area (Å²) >= 11 is 0. The molecule has 17 heteroatoms. The van der Waals surface area contributed by atoms with Gasteiger partial charge in [-0.25, -0.2) is 24.9 Å². The van der Waals surface area contributed by atoms with Gasteiger partial charge in [-0.1, -0.05) is 0 Å². The molecule has 4 fully saturated rings. The predicted octanol–water partition coefficient (Wildman–Crippen LogP) is 3.10. The minimum Gasteiger partial charge on any atom is -0.370 e. The maximum atomic E-state index is 13.3. The number of H-pyrrole nitrogens is 2. The van der Waals surface area contributed by atoms with E-state index < -0.39 is 0 Å². The normalized spacial score (nSPS) is 20.7. The average Bonchev–Trinajstić information content (AvgIpc) is 3.81. The van der Waals surface area contributed by atoms with Gasteiger partial charge in [-0.3, -0.25) is 29.0 Å². The number of nitrogens with one attached hydrogen (secondary N) is 4. The van der Waals surface area contributed by atoms with Crippen LogP contribution < -0.4 is 31.6 Å². The zero-order valence-corrected chi connectivity index (χ0v) is 35.5. The lowest BCUT2D eigenvalue weighted by atomic mass is 9.93. The van der Waals surface area contributed by atoms with Crippen LogP contribution >= 0.6 is 0 Å². The van der Waals surface area contributed by atoms with Crippen molar-refractivity contribution in [1.82, 2.24) is 55.3 Å². The number of fused-ring (bicyclic) bond motifs is 1. The van der Waals surface area contributed by atoms with Crippen molar-refractivity contribution < 1.29 is 9.59 Å². The molecule has 62 heavy (non-hydrogen) atoms. The second-order valence-electron chi connectivity index (χ2n) is 17.2. The maximum absolute atomic E-state index is 13.3. The number of aromatic amines is 2. The number of hydrogen-bond acceptors (Lipinski definition) is 13. The fourth-order valence-corrected chi connectivity index (χ4v) is 9.85. The highest BCUT2D eigenvalue weighted by Gasteiger charge is 2.34. The highest BCUT2D eigenvalue weighted by molar-refractivity contribution is 5.92. The molecule has 2 unspecified atom stereocenters. The molecule has 324 valence electrons. The van der Waals surface area contributed by atoms with Crippen molar-refractivity contribution in [3.8, 4) is 0 Å². The first-order valence-electron chi connectivity index (χ1n) is 22.1. The summed E-state index contributed by atoms with van der Waals surface area (Å²) in [7, 11) is 1.60. The maximum Gasteiger partial charge on any atom is 0.270 e. The van der Waals surface area contributed by atoms with Crippen molar-refractivity contribution in [2.24, 2.45) is 0 Å². The molecule has 2 amide bonds. The molecule has 0 saturated carbocycles. The number of anilines is 2. The van der Waals surface area contributed by atoms with E-state index in [1.54, 1.807) is 43.7 Å². The van der Waals surface area contributed by atoms with Crippen LogP contribution in [0, 0.1) is 6.92 Å². The van der Waals surface area contributed by atoms with E-state index in [0.29, 0.717) is 46.0 Å². The van der Waals surface area contributed by atoms with Crippen LogP contribution in [0.2, 0.25) is 0 Å². The Hall–Kier alpha value is -6.07. The van der Waals surface area contributed by atoms with Gasteiger partial charge < -0.3 is 30.4 Å². The van der Waals surface area contributed by atoms with Crippen LogP contribution in [0.1, 0.15) is 101 Å². The molecule has 4 aliphatic rings. The third-order valence-corrected chi connectivity index (χ3v) is 13.3. The van der Waals surface area contributed by atoms with Gasteiger partial charge in [0.05, 0.1) is 41.4 Å². The predicted molar refractivity (Wildman–Crippen MR) is 236 cm³/mol. The smallest absolute Gasteiger partial charge is 0.270 e. The lowest BCUT2D eigenvalue weighted by Gasteiger charge is -2.42. The van der Waals surface area contributed by atoms with Gasteiger partial charge in [-0.05, 0) is 101 Å². The summed E-state index contributed by atoms with van der Waals surface area (Å²) in [5, 5.41) is 5.98. The molecule has 9 rings (SSSR count). The molecule has 0 bridgehead atoms. The second kappa shape index (κ2) is 18.1. The number of carbonyl (C=O) groups excluding carboxylic acids is 2. The lowest BCUT2D eigenvalue weighted by molar-refractivity contribution is 0.0941. The molecule has 0 aliphatic carbocycles. The molecular weight excluding hydrogens is 787 g/mol. The highest BCUT2D eigenvalue weighted by Crippen LogP contribution is 2.32. The molecule has 5 aromatic rings. The van der Waals surface area contributed by atoms with Crippen LogP contribution in [0.5, 0.6) is 0 Å². The van der Waals surface area contributed by atoms with Gasteiger partial charge >= 0.3 is 0 Å². The number of amides is 2. The molecule has 9 heterocycles. The Labute approximate surface area is 359 Å². The zero-order chi connectivity index (χ0) is 42.7. The number of nitrogens with zero attached hydrogens (tertiary/aromatic N) is 9. The van der Waals surface area contributed by atoms with Gasteiger partial charge in [-0.2, -0.15) is 0 Å². The van der Waals surface area contributed by atoms with Gasteiger partial charge in [0.2, 0.25) is 0 Å². The summed E-state index contributed by atoms with van der Waals surface area (Å²) in [6.07, 6.45) is 10.6. The Morgan fingerprint density at radius 1 is 0.694 bits per heavy atom. The van der Waals surface area contributed by atoms with Gasteiger partial charge in [0.15, 0.2) is 5.65 Å². The third kappa shape index (κ3) is 9.09. The number of hydrogen-bond donors (Lipinski definition) is 4. The molecule has 2 atom stereocenters. The highest BCUT2D eigenvalue weighted by atomic mass is 16.2. The second-order valence-corrected chi connectivity index (χ2v) is 17.2. The fourth-order valence-electron chi connectivity index (χ4n) is 9.85. The number of likely N-dealkylation sites (tertiary alicyclic amines) is 2. The summed E-state index contributed by atoms with van der Waals surface area (Å²) in [5.41, 5.74) is 4.22. The zero-order valence-electron chi connectivity index (χ0n) is 35.5. The average molecular weight is 842 g/mol. The molecular formula is C45H55N13O4. The SMILES string of the molecule is CNC(=O)c1ccc(N2CCC(N3CCCC(c4nc5nc(CNC(=O)c6ccc(N7CCC(N8CCC(c9nc(C)cc(=O)[nH]9)C8)CC7)cn6)ccc5c(=O)[nH]4)C3)CC2)cn1. The van der Waals surface area contributed by atoms with Gasteiger partial charge in [0.1, 0.15) is 23.0 Å². The van der Waals surface area contributed by atoms with E-state index in [0.717, 1.165) is 120 Å². The lowest BCUT2D eigenvalue weighted by Crippen LogP contribution is -2.48. The molecule has 0 radical (unpaired) electrons.